The van der Waals surface area contributed by atoms with Crippen LogP contribution >= 0.6 is 0 Å². The van der Waals surface area contributed by atoms with E-state index in [4.69, 9.17) is 4.99 Å². The van der Waals surface area contributed by atoms with Gasteiger partial charge >= 0.3 is 0 Å². The Morgan fingerprint density at radius 1 is 1.21 bits per heavy atom. The fourth-order valence-corrected chi connectivity index (χ4v) is 4.21. The second-order valence-electron chi connectivity index (χ2n) is 6.81. The van der Waals surface area contributed by atoms with Crippen molar-refractivity contribution in [1.82, 2.24) is 9.71 Å². The smallest absolute Gasteiger partial charge is 0.240 e. The van der Waals surface area contributed by atoms with Crippen molar-refractivity contribution >= 4 is 44.4 Å². The molecule has 0 radical (unpaired) electrons. The minimum Gasteiger partial charge on any atom is -0.339 e. The van der Waals surface area contributed by atoms with Crippen LogP contribution in [0.25, 0.3) is 10.9 Å². The van der Waals surface area contributed by atoms with Crippen molar-refractivity contribution < 1.29 is 8.42 Å². The lowest BCUT2D eigenvalue weighted by molar-refractivity contribution is 0.588. The van der Waals surface area contributed by atoms with Crippen LogP contribution in [0.5, 0.6) is 0 Å². The molecule has 28 heavy (non-hydrogen) atoms. The summed E-state index contributed by atoms with van der Waals surface area (Å²) in [6, 6.07) is 14.8. The topological polar surface area (TPSA) is 86.7 Å². The Morgan fingerprint density at radius 2 is 2.04 bits per heavy atom. The Hall–Kier alpha value is -2.77. The zero-order chi connectivity index (χ0) is 19.7. The lowest BCUT2D eigenvalue weighted by Gasteiger charge is -2.10. The van der Waals surface area contributed by atoms with Crippen LogP contribution < -0.4 is 4.72 Å². The van der Waals surface area contributed by atoms with Crippen LogP contribution in [0.15, 0.2) is 63.4 Å². The molecule has 0 saturated carbocycles. The predicted molar refractivity (Wildman–Crippen MR) is 114 cm³/mol. The zero-order valence-corrected chi connectivity index (χ0v) is 16.6. The normalized spacial score (nSPS) is 18.4. The Kier molecular flexibility index (Phi) is 4.87. The molecule has 1 aliphatic heterocycles. The first-order chi connectivity index (χ1) is 13.5. The van der Waals surface area contributed by atoms with Gasteiger partial charge in [-0.3, -0.25) is 4.99 Å². The molecule has 4 rings (SSSR count). The maximum absolute atomic E-state index is 12.1. The highest BCUT2D eigenvalue weighted by Gasteiger charge is 2.22. The molecule has 1 aliphatic rings. The van der Waals surface area contributed by atoms with Crippen LogP contribution in [0.2, 0.25) is 0 Å². The molecule has 2 aromatic carbocycles. The summed E-state index contributed by atoms with van der Waals surface area (Å²) in [7, 11) is -2.12. The van der Waals surface area contributed by atoms with Gasteiger partial charge in [0.15, 0.2) is 0 Å². The first-order valence-corrected chi connectivity index (χ1v) is 10.8. The molecule has 1 atom stereocenters. The fourth-order valence-electron chi connectivity index (χ4n) is 3.44. The lowest BCUT2D eigenvalue weighted by atomic mass is 9.96. The van der Waals surface area contributed by atoms with Crippen molar-refractivity contribution in [2.45, 2.75) is 24.7 Å². The van der Waals surface area contributed by atoms with Crippen molar-refractivity contribution in [3.63, 3.8) is 0 Å². The van der Waals surface area contributed by atoms with Gasteiger partial charge in [0.25, 0.3) is 0 Å². The largest absolute Gasteiger partial charge is 0.339 e. The van der Waals surface area contributed by atoms with Crippen LogP contribution in [0.4, 0.5) is 11.5 Å². The molecule has 0 fully saturated rings. The summed E-state index contributed by atoms with van der Waals surface area (Å²) in [6.07, 6.45) is 3.69. The number of sulfonamides is 1. The second kappa shape index (κ2) is 7.33. The number of benzene rings is 2. The van der Waals surface area contributed by atoms with Crippen molar-refractivity contribution in [2.75, 3.05) is 7.05 Å². The summed E-state index contributed by atoms with van der Waals surface area (Å²) in [4.78, 5) is 13.1. The summed E-state index contributed by atoms with van der Waals surface area (Å²) in [5, 5.41) is 1.07. The van der Waals surface area contributed by atoms with Crippen molar-refractivity contribution in [2.24, 2.45) is 15.9 Å². The molecular weight excluding hydrogens is 372 g/mol. The van der Waals surface area contributed by atoms with E-state index in [0.717, 1.165) is 40.8 Å². The van der Waals surface area contributed by atoms with E-state index < -0.39 is 10.0 Å². The average molecular weight is 395 g/mol. The summed E-state index contributed by atoms with van der Waals surface area (Å²) in [5.74, 6) is 1.08. The van der Waals surface area contributed by atoms with Gasteiger partial charge in [-0.05, 0) is 50.1 Å². The van der Waals surface area contributed by atoms with Gasteiger partial charge in [-0.25, -0.2) is 18.1 Å². The Morgan fingerprint density at radius 3 is 2.82 bits per heavy atom. The van der Waals surface area contributed by atoms with Crippen molar-refractivity contribution in [3.05, 3.63) is 54.1 Å². The van der Waals surface area contributed by atoms with Crippen LogP contribution in [0.3, 0.4) is 0 Å². The third-order valence-corrected chi connectivity index (χ3v) is 6.44. The number of aromatic nitrogens is 1. The minimum atomic E-state index is -3.52. The van der Waals surface area contributed by atoms with Crippen LogP contribution in [0.1, 0.15) is 25.3 Å². The number of nitrogens with one attached hydrogen (secondary N) is 2. The van der Waals surface area contributed by atoms with E-state index in [1.54, 1.807) is 18.2 Å². The maximum Gasteiger partial charge on any atom is 0.240 e. The average Bonchev–Trinajstić information content (AvgIpc) is 3.00. The third kappa shape index (κ3) is 3.39. The highest BCUT2D eigenvalue weighted by molar-refractivity contribution is 7.89. The molecule has 0 amide bonds. The highest BCUT2D eigenvalue weighted by atomic mass is 32.2. The van der Waals surface area contributed by atoms with Crippen LogP contribution in [-0.2, 0) is 10.0 Å². The van der Waals surface area contributed by atoms with E-state index in [1.807, 2.05) is 30.5 Å². The number of aromatic amines is 1. The van der Waals surface area contributed by atoms with E-state index >= 15 is 0 Å². The predicted octanol–water partition coefficient (Wildman–Crippen LogP) is 4.33. The molecule has 0 aliphatic carbocycles. The lowest BCUT2D eigenvalue weighted by Crippen LogP contribution is -2.18. The molecule has 0 saturated heterocycles. The van der Waals surface area contributed by atoms with E-state index in [-0.39, 0.29) is 10.8 Å². The van der Waals surface area contributed by atoms with Gasteiger partial charge in [0.05, 0.1) is 16.3 Å². The van der Waals surface area contributed by atoms with Crippen LogP contribution in [0, 0.1) is 5.92 Å². The minimum absolute atomic E-state index is 0.202. The molecule has 144 valence electrons. The number of H-pyrrole nitrogens is 1. The van der Waals surface area contributed by atoms with Crippen LogP contribution in [-0.4, -0.2) is 32.4 Å². The Bertz CT molecular complexity index is 1190. The number of hydrogen-bond donors (Lipinski definition) is 2. The molecule has 7 heteroatoms. The molecule has 0 bridgehead atoms. The summed E-state index contributed by atoms with van der Waals surface area (Å²) < 4.78 is 26.6. The molecule has 6 nitrogen and oxygen atoms in total. The van der Waals surface area contributed by atoms with Gasteiger partial charge in [-0.1, -0.05) is 31.2 Å². The van der Waals surface area contributed by atoms with Crippen molar-refractivity contribution in [1.29, 1.82) is 0 Å². The summed E-state index contributed by atoms with van der Waals surface area (Å²) >= 11 is 0. The zero-order valence-electron chi connectivity index (χ0n) is 15.8. The standard InChI is InChI=1S/C21H22N4O2S/c1-3-14-11-19(24-15-7-6-8-16(12-15)28(26,27)22-2)20-17-9-4-5-10-18(17)25-21(20)23-13-14/h4-10,12-14,22,25H,3,11H2,1-2H3. The number of fused-ring (bicyclic) bond motifs is 3. The Labute approximate surface area is 164 Å². The van der Waals surface area contributed by atoms with E-state index in [0.29, 0.717) is 5.69 Å². The van der Waals surface area contributed by atoms with Gasteiger partial charge in [-0.2, -0.15) is 0 Å². The summed E-state index contributed by atoms with van der Waals surface area (Å²) in [5.41, 5.74) is 3.53. The van der Waals surface area contributed by atoms with Gasteiger partial charge < -0.3 is 4.98 Å². The highest BCUT2D eigenvalue weighted by Crippen LogP contribution is 2.34. The maximum atomic E-state index is 12.1. The molecule has 0 spiro atoms. The SMILES string of the molecule is CCC1C=Nc2[nH]c3ccccc3c2C(=Nc2cccc(S(=O)(=O)NC)c2)C1. The summed E-state index contributed by atoms with van der Waals surface area (Å²) in [6.45, 7) is 2.13. The number of hydrogen-bond acceptors (Lipinski definition) is 4. The van der Waals surface area contributed by atoms with Gasteiger partial charge in [0.1, 0.15) is 5.82 Å². The number of aliphatic imine (C=N–C) groups is 2. The van der Waals surface area contributed by atoms with Gasteiger partial charge in [-0.15, -0.1) is 0 Å². The first kappa shape index (κ1) is 18.6. The number of rotatable bonds is 4. The molecule has 2 N–H and O–H groups in total. The second-order valence-corrected chi connectivity index (χ2v) is 8.69. The molecular formula is C21H22N4O2S. The van der Waals surface area contributed by atoms with Gasteiger partial charge in [0.2, 0.25) is 10.0 Å². The first-order valence-electron chi connectivity index (χ1n) is 9.28. The monoisotopic (exact) mass is 394 g/mol. The van der Waals surface area contributed by atoms with Gasteiger partial charge in [0, 0.05) is 22.7 Å². The third-order valence-electron chi connectivity index (χ3n) is 5.03. The quantitative estimate of drug-likeness (QED) is 0.690. The number of para-hydroxylation sites is 1. The van der Waals surface area contributed by atoms with E-state index in [1.165, 1.54) is 7.05 Å². The molecule has 1 aromatic heterocycles. The Balaban J connectivity index is 1.88. The van der Waals surface area contributed by atoms with E-state index in [2.05, 4.69) is 27.7 Å². The number of nitrogens with zero attached hydrogens (tertiary/aromatic N) is 2. The van der Waals surface area contributed by atoms with Crippen molar-refractivity contribution in [3.8, 4) is 0 Å². The fraction of sp³-hybridized carbons (Fsp3) is 0.238. The molecule has 1 unspecified atom stereocenters. The molecule has 3 aromatic rings. The van der Waals surface area contributed by atoms with E-state index in [9.17, 15) is 8.42 Å². The molecule has 2 heterocycles.